The Bertz CT molecular complexity index is 633. The molecule has 3 heteroatoms. The molecule has 4 rings (SSSR count). The lowest BCUT2D eigenvalue weighted by Crippen LogP contribution is -2.51. The quantitative estimate of drug-likeness (QED) is 0.845. The molecule has 3 nitrogen and oxygen atoms in total. The van der Waals surface area contributed by atoms with Crippen LogP contribution in [0.3, 0.4) is 0 Å². The molecule has 0 saturated carbocycles. The van der Waals surface area contributed by atoms with Crippen LogP contribution in [0.2, 0.25) is 0 Å². The van der Waals surface area contributed by atoms with E-state index in [0.29, 0.717) is 6.61 Å². The highest BCUT2D eigenvalue weighted by atomic mass is 16.7. The number of hydrogen-bond donors (Lipinski definition) is 0. The number of hydrogen-bond acceptors (Lipinski definition) is 3. The summed E-state index contributed by atoms with van der Waals surface area (Å²) in [5.41, 5.74) is 2.52. The topological polar surface area (TPSA) is 21.7 Å². The van der Waals surface area contributed by atoms with E-state index >= 15 is 0 Å². The molecule has 0 amide bonds. The van der Waals surface area contributed by atoms with Crippen LogP contribution in [0, 0.1) is 0 Å². The normalized spacial score (nSPS) is 20.4. The lowest BCUT2D eigenvalue weighted by atomic mass is 10.0. The SMILES string of the molecule is c1ccc(CN2CCC3(CC2)OCc2ccccc2O3)cc1. The van der Waals surface area contributed by atoms with Gasteiger partial charge in [0.05, 0.1) is 6.61 Å². The summed E-state index contributed by atoms with van der Waals surface area (Å²) in [6.45, 7) is 3.69. The molecule has 1 fully saturated rings. The summed E-state index contributed by atoms with van der Waals surface area (Å²) in [6.07, 6.45) is 1.85. The third-order valence-electron chi connectivity index (χ3n) is 4.63. The summed E-state index contributed by atoms with van der Waals surface area (Å²) in [4.78, 5) is 2.48. The summed E-state index contributed by atoms with van der Waals surface area (Å²) in [5, 5.41) is 0. The van der Waals surface area contributed by atoms with Gasteiger partial charge in [-0.05, 0) is 11.6 Å². The number of rotatable bonds is 2. The van der Waals surface area contributed by atoms with Crippen molar-refractivity contribution in [1.29, 1.82) is 0 Å². The van der Waals surface area contributed by atoms with Crippen molar-refractivity contribution in [3.05, 3.63) is 65.7 Å². The Morgan fingerprint density at radius 1 is 0.909 bits per heavy atom. The average molecular weight is 295 g/mol. The van der Waals surface area contributed by atoms with Crippen LogP contribution >= 0.6 is 0 Å². The van der Waals surface area contributed by atoms with Gasteiger partial charge in [0.15, 0.2) is 0 Å². The van der Waals surface area contributed by atoms with Crippen molar-refractivity contribution >= 4 is 0 Å². The van der Waals surface area contributed by atoms with Crippen LogP contribution in [0.5, 0.6) is 5.75 Å². The van der Waals surface area contributed by atoms with Crippen molar-refractivity contribution in [2.45, 2.75) is 31.8 Å². The standard InChI is InChI=1S/C19H21NO2/c1-2-6-16(7-3-1)14-20-12-10-19(11-13-20)21-15-17-8-4-5-9-18(17)22-19/h1-9H,10-15H2. The maximum Gasteiger partial charge on any atom is 0.213 e. The van der Waals surface area contributed by atoms with Gasteiger partial charge in [0.25, 0.3) is 0 Å². The van der Waals surface area contributed by atoms with E-state index in [0.717, 1.165) is 43.8 Å². The highest BCUT2D eigenvalue weighted by molar-refractivity contribution is 5.34. The molecule has 0 atom stereocenters. The molecule has 0 radical (unpaired) electrons. The Labute approximate surface area is 131 Å². The second kappa shape index (κ2) is 5.75. The van der Waals surface area contributed by atoms with Crippen molar-refractivity contribution in [3.63, 3.8) is 0 Å². The van der Waals surface area contributed by atoms with Crippen LogP contribution in [0.1, 0.15) is 24.0 Å². The van der Waals surface area contributed by atoms with Crippen molar-refractivity contribution in [2.75, 3.05) is 13.1 Å². The predicted octanol–water partition coefficient (Wildman–Crippen LogP) is 3.59. The molecule has 2 aliphatic rings. The van der Waals surface area contributed by atoms with Crippen LogP contribution in [-0.2, 0) is 17.9 Å². The average Bonchev–Trinajstić information content (AvgIpc) is 2.58. The molecule has 2 aromatic rings. The molecular formula is C19H21NO2. The van der Waals surface area contributed by atoms with E-state index in [4.69, 9.17) is 9.47 Å². The van der Waals surface area contributed by atoms with E-state index in [2.05, 4.69) is 47.4 Å². The molecule has 1 saturated heterocycles. The lowest BCUT2D eigenvalue weighted by Gasteiger charge is -2.44. The smallest absolute Gasteiger partial charge is 0.213 e. The molecule has 114 valence electrons. The number of piperidine rings is 1. The van der Waals surface area contributed by atoms with Crippen LogP contribution in [0.15, 0.2) is 54.6 Å². The third kappa shape index (κ3) is 2.74. The Balaban J connectivity index is 1.40. The van der Waals surface area contributed by atoms with Gasteiger partial charge >= 0.3 is 0 Å². The first kappa shape index (κ1) is 13.8. The van der Waals surface area contributed by atoms with Crippen LogP contribution in [-0.4, -0.2) is 23.8 Å². The summed E-state index contributed by atoms with van der Waals surface area (Å²) in [5.74, 6) is 0.576. The zero-order chi connectivity index (χ0) is 14.8. The Hall–Kier alpha value is -1.84. The summed E-state index contributed by atoms with van der Waals surface area (Å²) < 4.78 is 12.3. The Morgan fingerprint density at radius 2 is 1.64 bits per heavy atom. The first-order chi connectivity index (χ1) is 10.8. The van der Waals surface area contributed by atoms with Crippen LogP contribution in [0.4, 0.5) is 0 Å². The lowest BCUT2D eigenvalue weighted by molar-refractivity contribution is -0.228. The highest BCUT2D eigenvalue weighted by Crippen LogP contribution is 2.37. The van der Waals surface area contributed by atoms with Gasteiger partial charge in [0.2, 0.25) is 5.79 Å². The highest BCUT2D eigenvalue weighted by Gasteiger charge is 2.40. The largest absolute Gasteiger partial charge is 0.462 e. The molecule has 0 aromatic heterocycles. The number of benzene rings is 2. The second-order valence-corrected chi connectivity index (χ2v) is 6.17. The van der Waals surface area contributed by atoms with Gasteiger partial charge < -0.3 is 9.47 Å². The molecule has 0 unspecified atom stereocenters. The maximum absolute atomic E-state index is 6.21. The van der Waals surface area contributed by atoms with Gasteiger partial charge in [-0.15, -0.1) is 0 Å². The van der Waals surface area contributed by atoms with Gasteiger partial charge in [0, 0.05) is 38.0 Å². The fraction of sp³-hybridized carbons (Fsp3) is 0.368. The van der Waals surface area contributed by atoms with Gasteiger partial charge in [-0.3, -0.25) is 4.90 Å². The predicted molar refractivity (Wildman–Crippen MR) is 85.5 cm³/mol. The van der Waals surface area contributed by atoms with E-state index in [9.17, 15) is 0 Å². The molecule has 0 N–H and O–H groups in total. The first-order valence-electron chi connectivity index (χ1n) is 8.00. The zero-order valence-corrected chi connectivity index (χ0v) is 12.7. The van der Waals surface area contributed by atoms with E-state index in [-0.39, 0.29) is 0 Å². The van der Waals surface area contributed by atoms with Crippen LogP contribution in [0.25, 0.3) is 0 Å². The molecular weight excluding hydrogens is 274 g/mol. The number of nitrogens with zero attached hydrogens (tertiary/aromatic N) is 1. The first-order valence-corrected chi connectivity index (χ1v) is 8.00. The fourth-order valence-corrected chi connectivity index (χ4v) is 3.30. The monoisotopic (exact) mass is 295 g/mol. The molecule has 0 bridgehead atoms. The fourth-order valence-electron chi connectivity index (χ4n) is 3.30. The third-order valence-corrected chi connectivity index (χ3v) is 4.63. The number of fused-ring (bicyclic) bond motifs is 1. The number of likely N-dealkylation sites (tertiary alicyclic amines) is 1. The van der Waals surface area contributed by atoms with E-state index < -0.39 is 5.79 Å². The van der Waals surface area contributed by atoms with Crippen molar-refractivity contribution in [3.8, 4) is 5.75 Å². The summed E-state index contributed by atoms with van der Waals surface area (Å²) in [7, 11) is 0. The molecule has 2 aromatic carbocycles. The van der Waals surface area contributed by atoms with E-state index in [1.165, 1.54) is 5.56 Å². The van der Waals surface area contributed by atoms with Crippen molar-refractivity contribution in [2.24, 2.45) is 0 Å². The summed E-state index contributed by atoms with van der Waals surface area (Å²) in [6, 6.07) is 18.8. The molecule has 0 aliphatic carbocycles. The number of ether oxygens (including phenoxy) is 2. The Morgan fingerprint density at radius 3 is 2.45 bits per heavy atom. The summed E-state index contributed by atoms with van der Waals surface area (Å²) >= 11 is 0. The van der Waals surface area contributed by atoms with Gasteiger partial charge in [-0.25, -0.2) is 0 Å². The van der Waals surface area contributed by atoms with Gasteiger partial charge in [0.1, 0.15) is 5.75 Å². The molecule has 2 heterocycles. The van der Waals surface area contributed by atoms with Crippen molar-refractivity contribution in [1.82, 2.24) is 4.90 Å². The minimum absolute atomic E-state index is 0.415. The van der Waals surface area contributed by atoms with Crippen LogP contribution < -0.4 is 4.74 Å². The van der Waals surface area contributed by atoms with E-state index in [1.54, 1.807) is 0 Å². The number of para-hydroxylation sites is 1. The Kier molecular flexibility index (Phi) is 3.60. The van der Waals surface area contributed by atoms with Crippen molar-refractivity contribution < 1.29 is 9.47 Å². The van der Waals surface area contributed by atoms with Gasteiger partial charge in [-0.2, -0.15) is 0 Å². The van der Waals surface area contributed by atoms with E-state index in [1.807, 2.05) is 12.1 Å². The van der Waals surface area contributed by atoms with Gasteiger partial charge in [-0.1, -0.05) is 48.5 Å². The minimum atomic E-state index is -0.415. The zero-order valence-electron chi connectivity index (χ0n) is 12.7. The maximum atomic E-state index is 6.21. The minimum Gasteiger partial charge on any atom is -0.462 e. The second-order valence-electron chi connectivity index (χ2n) is 6.17. The molecule has 1 spiro atoms. The molecule has 22 heavy (non-hydrogen) atoms. The molecule has 2 aliphatic heterocycles.